The summed E-state index contributed by atoms with van der Waals surface area (Å²) in [5.74, 6) is 0.667. The van der Waals surface area contributed by atoms with Gasteiger partial charge in [-0.25, -0.2) is 4.79 Å². The van der Waals surface area contributed by atoms with Crippen molar-refractivity contribution >= 4 is 23.8 Å². The quantitative estimate of drug-likeness (QED) is 0.676. The lowest BCUT2D eigenvalue weighted by molar-refractivity contribution is -0.123. The van der Waals surface area contributed by atoms with Crippen LogP contribution in [0.15, 0.2) is 0 Å². The van der Waals surface area contributed by atoms with Crippen LogP contribution in [0, 0.1) is 0 Å². The van der Waals surface area contributed by atoms with Gasteiger partial charge in [-0.05, 0) is 45.6 Å². The molecule has 0 saturated carbocycles. The highest BCUT2D eigenvalue weighted by atomic mass is 32.2. The average molecular weight is 304 g/mol. The minimum absolute atomic E-state index is 0.140. The molecule has 0 aliphatic heterocycles. The number of nitrogens with one attached hydrogen (secondary N) is 2. The summed E-state index contributed by atoms with van der Waals surface area (Å²) in [4.78, 5) is 23.8. The second-order valence-electron chi connectivity index (χ2n) is 5.62. The Morgan fingerprint density at radius 3 is 2.45 bits per heavy atom. The van der Waals surface area contributed by atoms with Gasteiger partial charge in [-0.1, -0.05) is 13.3 Å². The van der Waals surface area contributed by atoms with E-state index in [9.17, 15) is 9.59 Å². The molecule has 118 valence electrons. The zero-order valence-electron chi connectivity index (χ0n) is 13.2. The molecule has 0 spiro atoms. The van der Waals surface area contributed by atoms with Crippen LogP contribution in [-0.2, 0) is 9.53 Å². The molecule has 20 heavy (non-hydrogen) atoms. The van der Waals surface area contributed by atoms with Crippen LogP contribution in [0.3, 0.4) is 0 Å². The van der Waals surface area contributed by atoms with E-state index in [0.717, 1.165) is 18.6 Å². The number of alkyl carbamates (subject to hydrolysis) is 1. The number of hydrogen-bond acceptors (Lipinski definition) is 4. The molecule has 1 atom stereocenters. The largest absolute Gasteiger partial charge is 0.444 e. The second kappa shape index (κ2) is 9.91. The Morgan fingerprint density at radius 2 is 1.95 bits per heavy atom. The van der Waals surface area contributed by atoms with Gasteiger partial charge in [0.1, 0.15) is 11.6 Å². The van der Waals surface area contributed by atoms with Gasteiger partial charge >= 0.3 is 6.09 Å². The lowest BCUT2D eigenvalue weighted by atomic mass is 10.2. The third-order valence-corrected chi connectivity index (χ3v) is 3.09. The summed E-state index contributed by atoms with van der Waals surface area (Å²) < 4.78 is 5.19. The van der Waals surface area contributed by atoms with Crippen LogP contribution in [0.2, 0.25) is 0 Å². The highest BCUT2D eigenvalue weighted by Gasteiger charge is 2.23. The number of carbonyl (C=O) groups excluding carboxylic acids is 2. The van der Waals surface area contributed by atoms with Crippen molar-refractivity contribution in [2.24, 2.45) is 0 Å². The van der Waals surface area contributed by atoms with E-state index in [1.807, 2.05) is 6.26 Å². The molecule has 0 saturated heterocycles. The molecule has 5 nitrogen and oxygen atoms in total. The standard InChI is InChI=1S/C14H28N2O3S/c1-6-7-9-15-12(17)11(8-10-20-5)16-13(18)19-14(2,3)4/h11H,6-10H2,1-5H3,(H,15,17)(H,16,18). The van der Waals surface area contributed by atoms with Crippen molar-refractivity contribution in [2.75, 3.05) is 18.6 Å². The fraction of sp³-hybridized carbons (Fsp3) is 0.857. The molecule has 2 amide bonds. The van der Waals surface area contributed by atoms with Crippen LogP contribution >= 0.6 is 11.8 Å². The number of hydrogen-bond donors (Lipinski definition) is 2. The summed E-state index contributed by atoms with van der Waals surface area (Å²) in [6.07, 6.45) is 3.98. The molecular weight excluding hydrogens is 276 g/mol. The van der Waals surface area contributed by atoms with Gasteiger partial charge in [0, 0.05) is 6.54 Å². The van der Waals surface area contributed by atoms with E-state index >= 15 is 0 Å². The van der Waals surface area contributed by atoms with Crippen molar-refractivity contribution in [1.82, 2.24) is 10.6 Å². The van der Waals surface area contributed by atoms with Gasteiger partial charge in [0.15, 0.2) is 0 Å². The molecule has 0 heterocycles. The van der Waals surface area contributed by atoms with Crippen LogP contribution in [-0.4, -0.2) is 42.2 Å². The monoisotopic (exact) mass is 304 g/mol. The smallest absolute Gasteiger partial charge is 0.408 e. The van der Waals surface area contributed by atoms with Crippen LogP contribution < -0.4 is 10.6 Å². The summed E-state index contributed by atoms with van der Waals surface area (Å²) in [5, 5.41) is 5.49. The maximum atomic E-state index is 12.0. The molecule has 0 fully saturated rings. The Labute approximate surface area is 126 Å². The first-order valence-electron chi connectivity index (χ1n) is 7.06. The fourth-order valence-electron chi connectivity index (χ4n) is 1.47. The predicted molar refractivity (Wildman–Crippen MR) is 84.1 cm³/mol. The molecule has 2 N–H and O–H groups in total. The lowest BCUT2D eigenvalue weighted by Crippen LogP contribution is -2.48. The molecule has 0 aliphatic rings. The lowest BCUT2D eigenvalue weighted by Gasteiger charge is -2.23. The van der Waals surface area contributed by atoms with E-state index in [4.69, 9.17) is 4.74 Å². The van der Waals surface area contributed by atoms with Crippen molar-refractivity contribution in [1.29, 1.82) is 0 Å². The number of thioether (sulfide) groups is 1. The Kier molecular flexibility index (Phi) is 9.46. The third-order valence-electron chi connectivity index (χ3n) is 2.45. The third kappa shape index (κ3) is 9.95. The molecule has 6 heteroatoms. The summed E-state index contributed by atoms with van der Waals surface area (Å²) in [6, 6.07) is -0.533. The van der Waals surface area contributed by atoms with Gasteiger partial charge < -0.3 is 15.4 Å². The molecule has 0 aromatic carbocycles. The molecule has 0 bridgehead atoms. The molecule has 0 rings (SSSR count). The summed E-state index contributed by atoms with van der Waals surface area (Å²) in [7, 11) is 0. The van der Waals surface area contributed by atoms with E-state index < -0.39 is 17.7 Å². The van der Waals surface area contributed by atoms with Crippen LogP contribution in [0.1, 0.15) is 47.0 Å². The minimum Gasteiger partial charge on any atom is -0.444 e. The normalized spacial score (nSPS) is 12.7. The van der Waals surface area contributed by atoms with E-state index in [1.165, 1.54) is 0 Å². The minimum atomic E-state index is -0.563. The first-order chi connectivity index (χ1) is 9.30. The highest BCUT2D eigenvalue weighted by Crippen LogP contribution is 2.08. The van der Waals surface area contributed by atoms with Gasteiger partial charge in [0.25, 0.3) is 0 Å². The first-order valence-corrected chi connectivity index (χ1v) is 8.45. The maximum Gasteiger partial charge on any atom is 0.408 e. The number of amides is 2. The van der Waals surface area contributed by atoms with Crippen LogP contribution in [0.4, 0.5) is 4.79 Å². The zero-order valence-corrected chi connectivity index (χ0v) is 14.1. The molecule has 0 aromatic heterocycles. The number of ether oxygens (including phenoxy) is 1. The van der Waals surface area contributed by atoms with Gasteiger partial charge in [0.05, 0.1) is 0 Å². The molecule has 0 aliphatic carbocycles. The summed E-state index contributed by atoms with van der Waals surface area (Å²) in [5.41, 5.74) is -0.563. The van der Waals surface area contributed by atoms with E-state index in [0.29, 0.717) is 13.0 Å². The molecule has 0 aromatic rings. The fourth-order valence-corrected chi connectivity index (χ4v) is 1.94. The van der Waals surface area contributed by atoms with Crippen LogP contribution in [0.25, 0.3) is 0 Å². The number of unbranched alkanes of at least 4 members (excludes halogenated alkanes) is 1. The Morgan fingerprint density at radius 1 is 1.30 bits per heavy atom. The SMILES string of the molecule is CCCCNC(=O)C(CCSC)NC(=O)OC(C)(C)C. The Bertz CT molecular complexity index is 303. The van der Waals surface area contributed by atoms with Gasteiger partial charge in [-0.3, -0.25) is 4.79 Å². The Hall–Kier alpha value is -0.910. The highest BCUT2D eigenvalue weighted by molar-refractivity contribution is 7.98. The van der Waals surface area contributed by atoms with Crippen molar-refractivity contribution in [3.8, 4) is 0 Å². The maximum absolute atomic E-state index is 12.0. The number of carbonyl (C=O) groups is 2. The molecule has 1 unspecified atom stereocenters. The van der Waals surface area contributed by atoms with Gasteiger partial charge in [0.2, 0.25) is 5.91 Å². The van der Waals surface area contributed by atoms with Crippen molar-refractivity contribution in [3.05, 3.63) is 0 Å². The van der Waals surface area contributed by atoms with E-state index in [2.05, 4.69) is 17.6 Å². The van der Waals surface area contributed by atoms with Gasteiger partial charge in [-0.15, -0.1) is 0 Å². The van der Waals surface area contributed by atoms with Crippen molar-refractivity contribution < 1.29 is 14.3 Å². The molecule has 0 radical (unpaired) electrons. The zero-order chi connectivity index (χ0) is 15.6. The first kappa shape index (κ1) is 19.1. The Balaban J connectivity index is 4.39. The predicted octanol–water partition coefficient (Wildman–Crippen LogP) is 2.55. The van der Waals surface area contributed by atoms with Crippen molar-refractivity contribution in [2.45, 2.75) is 58.6 Å². The second-order valence-corrected chi connectivity index (χ2v) is 6.61. The number of rotatable bonds is 8. The average Bonchev–Trinajstić information content (AvgIpc) is 2.32. The van der Waals surface area contributed by atoms with E-state index in [-0.39, 0.29) is 5.91 Å². The molecular formula is C14H28N2O3S. The summed E-state index contributed by atoms with van der Waals surface area (Å²) in [6.45, 7) is 8.10. The summed E-state index contributed by atoms with van der Waals surface area (Å²) >= 11 is 1.64. The topological polar surface area (TPSA) is 67.4 Å². The van der Waals surface area contributed by atoms with Gasteiger partial charge in [-0.2, -0.15) is 11.8 Å². The van der Waals surface area contributed by atoms with E-state index in [1.54, 1.807) is 32.5 Å². The van der Waals surface area contributed by atoms with Crippen molar-refractivity contribution in [3.63, 3.8) is 0 Å². The van der Waals surface area contributed by atoms with Crippen LogP contribution in [0.5, 0.6) is 0 Å².